The molecule has 0 saturated carbocycles. The van der Waals surface area contributed by atoms with E-state index in [2.05, 4.69) is 21.1 Å². The SMILES string of the molecule is Cc1cc(N/N=C2/C=C([N+](=O)[O-])C=CC2=O)c(C(=O)O)c2ccccc12.O=C1C=C(S(=O)(=O)O)c2cc([N+](=O)[O-])ccc2/C1=N/Nc1c(O)ccc2ccccc12.[Cr].[Na+].[Na+]. The molecule has 5 aromatic rings. The number of anilines is 2. The summed E-state index contributed by atoms with van der Waals surface area (Å²) in [5, 5.41) is 52.4. The van der Waals surface area contributed by atoms with E-state index in [0.29, 0.717) is 16.8 Å². The van der Waals surface area contributed by atoms with E-state index < -0.39 is 48.1 Å². The number of allylic oxidation sites excluding steroid dienone is 4. The predicted octanol–water partition coefficient (Wildman–Crippen LogP) is 0.000520. The Morgan fingerprint density at radius 2 is 1.42 bits per heavy atom. The molecule has 0 heterocycles. The van der Waals surface area contributed by atoms with E-state index in [1.54, 1.807) is 36.4 Å². The van der Waals surface area contributed by atoms with E-state index in [1.807, 2.05) is 31.2 Å². The summed E-state index contributed by atoms with van der Waals surface area (Å²) in [6, 6.07) is 22.1. The molecule has 292 valence electrons. The second-order valence-corrected chi connectivity index (χ2v) is 13.6. The fourth-order valence-corrected chi connectivity index (χ4v) is 6.68. The number of non-ortho nitro benzene ring substituents is 1. The standard InChI is InChI=1S/C20H13N3O7S.C18H13N3O5.Cr.2Na/c24-16-8-5-11-3-1-2-4-13(11)19(16)21-22-20-14-7-6-12(23(26)27)9-15(14)18(10-17(20)25)31(28,29)30;1-10-8-15(17(18(23)24)13-5-3-2-4-12(10)13)20-19-14-9-11(21(25)26)6-7-16(14)22;;;/h1-10,21,24H,(H,28,29,30);2-9,20H,1H3,(H,23,24);;;/q;;;2*+1/b22-20-;19-14-;;;. The van der Waals surface area contributed by atoms with Gasteiger partial charge >= 0.3 is 65.1 Å². The largest absolute Gasteiger partial charge is 1.00 e. The Morgan fingerprint density at radius 3 is 2.05 bits per heavy atom. The van der Waals surface area contributed by atoms with Crippen LogP contribution in [-0.2, 0) is 37.1 Å². The Morgan fingerprint density at radius 1 is 0.767 bits per heavy atom. The van der Waals surface area contributed by atoms with Gasteiger partial charge in [0.25, 0.3) is 21.5 Å². The van der Waals surface area contributed by atoms with Crippen molar-refractivity contribution in [2.24, 2.45) is 10.2 Å². The summed E-state index contributed by atoms with van der Waals surface area (Å²) in [6.07, 6.45) is 3.81. The van der Waals surface area contributed by atoms with Crippen molar-refractivity contribution in [3.05, 3.63) is 157 Å². The van der Waals surface area contributed by atoms with Gasteiger partial charge in [-0.25, -0.2) is 4.79 Å². The van der Waals surface area contributed by atoms with E-state index in [9.17, 15) is 57.8 Å². The smallest absolute Gasteiger partial charge is 0.506 e. The minimum absolute atomic E-state index is 0. The molecule has 22 heteroatoms. The van der Waals surface area contributed by atoms with E-state index in [0.717, 1.165) is 46.7 Å². The minimum atomic E-state index is -4.84. The van der Waals surface area contributed by atoms with Gasteiger partial charge in [-0.15, -0.1) is 0 Å². The molecule has 5 N–H and O–H groups in total. The predicted molar refractivity (Wildman–Crippen MR) is 209 cm³/mol. The molecule has 0 spiro atoms. The molecular formula is C38H26CrN6Na2O12S+2. The molecular weight excluding hydrogens is 862 g/mol. The summed E-state index contributed by atoms with van der Waals surface area (Å²) in [4.78, 5) is 56.0. The maximum Gasteiger partial charge on any atom is 1.00 e. The zero-order chi connectivity index (χ0) is 41.2. The average Bonchev–Trinajstić information content (AvgIpc) is 3.17. The number of fused-ring (bicyclic) bond motifs is 3. The molecule has 0 unspecified atom stereocenters. The van der Waals surface area contributed by atoms with E-state index >= 15 is 0 Å². The van der Waals surface area contributed by atoms with Crippen molar-refractivity contribution in [2.75, 3.05) is 10.9 Å². The minimum Gasteiger partial charge on any atom is -0.506 e. The van der Waals surface area contributed by atoms with Gasteiger partial charge in [0.15, 0.2) is 0 Å². The first-order chi connectivity index (χ1) is 27.0. The van der Waals surface area contributed by atoms with Gasteiger partial charge in [-0.05, 0) is 52.9 Å². The van der Waals surface area contributed by atoms with Crippen LogP contribution < -0.4 is 70.0 Å². The van der Waals surface area contributed by atoms with Crippen molar-refractivity contribution in [3.63, 3.8) is 0 Å². The number of aryl methyl sites for hydroxylation is 1. The van der Waals surface area contributed by atoms with Gasteiger partial charge in [0, 0.05) is 64.2 Å². The quantitative estimate of drug-likeness (QED) is 0.0343. The van der Waals surface area contributed by atoms with Crippen LogP contribution in [0.15, 0.2) is 125 Å². The molecule has 2 aliphatic carbocycles. The Hall–Kier alpha value is -5.37. The van der Waals surface area contributed by atoms with Crippen LogP contribution in [0.4, 0.5) is 17.1 Å². The molecule has 60 heavy (non-hydrogen) atoms. The van der Waals surface area contributed by atoms with E-state index in [-0.39, 0.29) is 127 Å². The number of hydrazone groups is 2. The first-order valence-corrected chi connectivity index (χ1v) is 17.7. The van der Waals surface area contributed by atoms with Crippen LogP contribution in [0.5, 0.6) is 5.75 Å². The molecule has 18 nitrogen and oxygen atoms in total. The number of aromatic carboxylic acids is 1. The Kier molecular flexibility index (Phi) is 16.5. The number of nitrogens with one attached hydrogen (secondary N) is 2. The molecule has 0 saturated heterocycles. The number of benzene rings is 5. The van der Waals surface area contributed by atoms with Crippen molar-refractivity contribution < 1.29 is 124 Å². The van der Waals surface area contributed by atoms with Crippen molar-refractivity contribution in [1.82, 2.24) is 0 Å². The van der Waals surface area contributed by atoms with E-state index in [1.165, 1.54) is 12.1 Å². The molecule has 2 aliphatic rings. The number of hydrogen-bond acceptors (Lipinski definition) is 14. The number of carbonyl (C=O) groups is 3. The van der Waals surface area contributed by atoms with E-state index in [4.69, 9.17) is 0 Å². The van der Waals surface area contributed by atoms with Crippen LogP contribution in [0.1, 0.15) is 27.0 Å². The maximum absolute atomic E-state index is 12.6. The topological polar surface area (TPSA) is 281 Å². The van der Waals surface area contributed by atoms with Gasteiger partial charge in [-0.1, -0.05) is 54.6 Å². The molecule has 5 aromatic carbocycles. The number of aromatic hydroxyl groups is 1. The van der Waals surface area contributed by atoms with Crippen LogP contribution in [0.2, 0.25) is 0 Å². The molecule has 0 bridgehead atoms. The number of nitro groups is 2. The third kappa shape index (κ3) is 10.5. The number of phenols is 1. The first kappa shape index (κ1) is 49.0. The third-order valence-electron chi connectivity index (χ3n) is 8.61. The molecule has 0 amide bonds. The molecule has 7 rings (SSSR count). The molecule has 0 aromatic heterocycles. The van der Waals surface area contributed by atoms with Gasteiger partial charge in [-0.2, -0.15) is 18.6 Å². The zero-order valence-electron chi connectivity index (χ0n) is 31.5. The second-order valence-electron chi connectivity index (χ2n) is 12.2. The summed E-state index contributed by atoms with van der Waals surface area (Å²) in [5.74, 6) is -2.65. The third-order valence-corrected chi connectivity index (χ3v) is 9.50. The number of nitrogens with zero attached hydrogens (tertiary/aromatic N) is 4. The molecule has 0 atom stereocenters. The van der Waals surface area contributed by atoms with Gasteiger partial charge < -0.3 is 10.2 Å². The van der Waals surface area contributed by atoms with Gasteiger partial charge in [-0.3, -0.25) is 45.2 Å². The second kappa shape index (κ2) is 20.3. The average molecular weight is 889 g/mol. The number of carboxylic acid groups (broad SMARTS) is 1. The summed E-state index contributed by atoms with van der Waals surface area (Å²) >= 11 is 0. The Balaban J connectivity index is 0.000000309. The van der Waals surface area contributed by atoms with Crippen molar-refractivity contribution >= 4 is 82.6 Å². The van der Waals surface area contributed by atoms with Gasteiger partial charge in [0.05, 0.1) is 21.1 Å². The summed E-state index contributed by atoms with van der Waals surface area (Å²) in [7, 11) is -4.84. The van der Waals surface area contributed by atoms with Crippen LogP contribution in [0, 0.1) is 27.2 Å². The van der Waals surface area contributed by atoms with Crippen molar-refractivity contribution in [1.29, 1.82) is 0 Å². The van der Waals surface area contributed by atoms with Crippen LogP contribution in [-0.4, -0.2) is 62.0 Å². The van der Waals surface area contributed by atoms with Crippen molar-refractivity contribution in [2.45, 2.75) is 6.92 Å². The Bertz CT molecular complexity index is 2900. The number of carbonyl (C=O) groups excluding carboxylic acids is 2. The van der Waals surface area contributed by atoms with Crippen LogP contribution >= 0.6 is 0 Å². The monoisotopic (exact) mass is 888 g/mol. The number of hydrogen-bond donors (Lipinski definition) is 5. The van der Waals surface area contributed by atoms with Crippen LogP contribution in [0.25, 0.3) is 26.5 Å². The Labute approximate surface area is 394 Å². The number of phenolic OH excluding ortho intramolecular Hbond substituents is 1. The molecule has 0 fully saturated rings. The molecule has 0 aliphatic heterocycles. The summed E-state index contributed by atoms with van der Waals surface area (Å²) < 4.78 is 32.9. The normalized spacial score (nSPS) is 14.3. The van der Waals surface area contributed by atoms with Gasteiger partial charge in [0.2, 0.25) is 11.6 Å². The molecule has 0 radical (unpaired) electrons. The number of nitro benzene ring substituents is 1. The number of rotatable bonds is 8. The summed E-state index contributed by atoms with van der Waals surface area (Å²) in [6.45, 7) is 1.82. The first-order valence-electron chi connectivity index (χ1n) is 16.3. The maximum atomic E-state index is 12.6. The number of ketones is 2. The fourth-order valence-electron chi connectivity index (χ4n) is 5.97. The fraction of sp³-hybridized carbons (Fsp3) is 0.0263. The zero-order valence-corrected chi connectivity index (χ0v) is 37.6. The van der Waals surface area contributed by atoms with Gasteiger partial charge in [0.1, 0.15) is 27.8 Å². The number of carboxylic acids is 1. The van der Waals surface area contributed by atoms with Crippen LogP contribution in [0.3, 0.4) is 0 Å². The van der Waals surface area contributed by atoms with Crippen molar-refractivity contribution in [3.8, 4) is 5.75 Å². The summed E-state index contributed by atoms with van der Waals surface area (Å²) in [5.41, 5.74) is 5.04.